The molecule has 2 nitrogen and oxygen atoms in total. The maximum Gasteiger partial charge on any atom is 0.140 e. The summed E-state index contributed by atoms with van der Waals surface area (Å²) >= 11 is 0. The van der Waals surface area contributed by atoms with Crippen molar-refractivity contribution in [3.8, 4) is 0 Å². The highest BCUT2D eigenvalue weighted by Gasteiger charge is 2.29. The number of Topliss-reactive ketones (excluding diaryl/α,β-unsaturated/α-hetero) is 1. The summed E-state index contributed by atoms with van der Waals surface area (Å²) in [6.45, 7) is 4.83. The molecular formula is C17H25NO. The number of carbonyl (C=O) groups is 1. The van der Waals surface area contributed by atoms with Gasteiger partial charge in [-0.1, -0.05) is 42.2 Å². The van der Waals surface area contributed by atoms with E-state index in [0.29, 0.717) is 24.7 Å². The van der Waals surface area contributed by atoms with Crippen molar-refractivity contribution in [2.75, 3.05) is 6.54 Å². The van der Waals surface area contributed by atoms with E-state index < -0.39 is 0 Å². The summed E-state index contributed by atoms with van der Waals surface area (Å²) in [6, 6.07) is 6.41. The number of hydrogen-bond acceptors (Lipinski definition) is 2. The number of ketones is 1. The molecule has 2 N–H and O–H groups in total. The molecule has 0 saturated heterocycles. The van der Waals surface area contributed by atoms with Gasteiger partial charge in [-0.3, -0.25) is 4.79 Å². The van der Waals surface area contributed by atoms with Gasteiger partial charge in [-0.25, -0.2) is 0 Å². The molecule has 19 heavy (non-hydrogen) atoms. The van der Waals surface area contributed by atoms with Crippen LogP contribution < -0.4 is 5.73 Å². The summed E-state index contributed by atoms with van der Waals surface area (Å²) in [5.41, 5.74) is 9.45. The van der Waals surface area contributed by atoms with Crippen LogP contribution in [-0.2, 0) is 11.2 Å². The molecule has 1 aliphatic rings. The lowest BCUT2D eigenvalue weighted by Crippen LogP contribution is -2.33. The Kier molecular flexibility index (Phi) is 4.76. The highest BCUT2D eigenvalue weighted by Crippen LogP contribution is 2.30. The van der Waals surface area contributed by atoms with Crippen LogP contribution in [0.4, 0.5) is 0 Å². The molecule has 104 valence electrons. The van der Waals surface area contributed by atoms with Gasteiger partial charge in [-0.15, -0.1) is 0 Å². The molecule has 2 rings (SSSR count). The summed E-state index contributed by atoms with van der Waals surface area (Å²) in [5.74, 6) is 0.992. The third kappa shape index (κ3) is 3.66. The number of benzene rings is 1. The third-order valence-electron chi connectivity index (χ3n) is 4.29. The first-order valence-corrected chi connectivity index (χ1v) is 7.40. The van der Waals surface area contributed by atoms with Crippen LogP contribution in [0.5, 0.6) is 0 Å². The molecule has 0 bridgehead atoms. The van der Waals surface area contributed by atoms with Gasteiger partial charge in [-0.05, 0) is 44.7 Å². The molecule has 1 fully saturated rings. The number of carbonyl (C=O) groups excluding carboxylic acids is 1. The van der Waals surface area contributed by atoms with Gasteiger partial charge in [0.2, 0.25) is 0 Å². The molecule has 1 aromatic rings. The Bertz CT molecular complexity index is 432. The van der Waals surface area contributed by atoms with Gasteiger partial charge in [0.1, 0.15) is 5.78 Å². The Balaban J connectivity index is 2.07. The molecule has 1 aliphatic carbocycles. The number of rotatable bonds is 4. The van der Waals surface area contributed by atoms with Crippen molar-refractivity contribution in [3.05, 3.63) is 34.9 Å². The number of hydrogen-bond donors (Lipinski definition) is 1. The molecule has 2 unspecified atom stereocenters. The second-order valence-corrected chi connectivity index (χ2v) is 6.03. The van der Waals surface area contributed by atoms with Crippen molar-refractivity contribution in [3.63, 3.8) is 0 Å². The Morgan fingerprint density at radius 2 is 1.79 bits per heavy atom. The van der Waals surface area contributed by atoms with Crippen molar-refractivity contribution in [1.82, 2.24) is 0 Å². The summed E-state index contributed by atoms with van der Waals surface area (Å²) < 4.78 is 0. The molecule has 2 atom stereocenters. The lowest BCUT2D eigenvalue weighted by molar-refractivity contribution is -0.124. The standard InChI is InChI=1S/C17H25NO/c1-12-7-13(2)9-14(8-12)10-17(19)16-6-4-3-5-15(16)11-18/h7-9,15-16H,3-6,10-11,18H2,1-2H3. The van der Waals surface area contributed by atoms with Crippen LogP contribution in [-0.4, -0.2) is 12.3 Å². The molecule has 0 aliphatic heterocycles. The average Bonchev–Trinajstić information content (AvgIpc) is 2.37. The van der Waals surface area contributed by atoms with Crippen molar-refractivity contribution in [2.45, 2.75) is 46.0 Å². The summed E-state index contributed by atoms with van der Waals surface area (Å²) in [4.78, 5) is 12.5. The van der Waals surface area contributed by atoms with E-state index in [0.717, 1.165) is 18.4 Å². The highest BCUT2D eigenvalue weighted by molar-refractivity contribution is 5.83. The third-order valence-corrected chi connectivity index (χ3v) is 4.29. The lowest BCUT2D eigenvalue weighted by atomic mass is 9.75. The topological polar surface area (TPSA) is 43.1 Å². The Hall–Kier alpha value is -1.15. The van der Waals surface area contributed by atoms with Gasteiger partial charge in [0.05, 0.1) is 0 Å². The monoisotopic (exact) mass is 259 g/mol. The van der Waals surface area contributed by atoms with Crippen LogP contribution in [0.15, 0.2) is 18.2 Å². The number of aryl methyl sites for hydroxylation is 2. The molecule has 0 spiro atoms. The van der Waals surface area contributed by atoms with Crippen LogP contribution in [0, 0.1) is 25.7 Å². The Morgan fingerprint density at radius 3 is 2.42 bits per heavy atom. The molecule has 0 amide bonds. The van der Waals surface area contributed by atoms with E-state index in [9.17, 15) is 4.79 Å². The maximum absolute atomic E-state index is 12.5. The van der Waals surface area contributed by atoms with Crippen molar-refractivity contribution < 1.29 is 4.79 Å². The van der Waals surface area contributed by atoms with Crippen molar-refractivity contribution >= 4 is 5.78 Å². The molecule has 0 heterocycles. The van der Waals surface area contributed by atoms with Gasteiger partial charge in [-0.2, -0.15) is 0 Å². The molecular weight excluding hydrogens is 234 g/mol. The Labute approximate surface area is 116 Å². The predicted octanol–water partition coefficient (Wildman–Crippen LogP) is 3.18. The molecule has 2 heteroatoms. The van der Waals surface area contributed by atoms with Crippen LogP contribution in [0.2, 0.25) is 0 Å². The van der Waals surface area contributed by atoms with Crippen molar-refractivity contribution in [1.29, 1.82) is 0 Å². The normalized spacial score (nSPS) is 23.3. The minimum atomic E-state index is 0.194. The minimum Gasteiger partial charge on any atom is -0.330 e. The van der Waals surface area contributed by atoms with E-state index in [2.05, 4.69) is 32.0 Å². The van der Waals surface area contributed by atoms with Gasteiger partial charge >= 0.3 is 0 Å². The van der Waals surface area contributed by atoms with Gasteiger partial charge in [0.15, 0.2) is 0 Å². The van der Waals surface area contributed by atoms with Crippen LogP contribution in [0.1, 0.15) is 42.4 Å². The quantitative estimate of drug-likeness (QED) is 0.902. The largest absolute Gasteiger partial charge is 0.330 e. The van der Waals surface area contributed by atoms with E-state index >= 15 is 0 Å². The van der Waals surface area contributed by atoms with E-state index in [1.165, 1.54) is 24.0 Å². The van der Waals surface area contributed by atoms with E-state index in [4.69, 9.17) is 5.73 Å². The van der Waals surface area contributed by atoms with E-state index in [1.807, 2.05) is 0 Å². The zero-order chi connectivity index (χ0) is 13.8. The fraction of sp³-hybridized carbons (Fsp3) is 0.588. The molecule has 1 saturated carbocycles. The second kappa shape index (κ2) is 6.33. The van der Waals surface area contributed by atoms with E-state index in [-0.39, 0.29) is 5.92 Å². The molecule has 0 radical (unpaired) electrons. The van der Waals surface area contributed by atoms with Gasteiger partial charge < -0.3 is 5.73 Å². The van der Waals surface area contributed by atoms with Gasteiger partial charge in [0.25, 0.3) is 0 Å². The highest BCUT2D eigenvalue weighted by atomic mass is 16.1. The van der Waals surface area contributed by atoms with Gasteiger partial charge in [0, 0.05) is 12.3 Å². The van der Waals surface area contributed by atoms with E-state index in [1.54, 1.807) is 0 Å². The molecule has 0 aromatic heterocycles. The zero-order valence-electron chi connectivity index (χ0n) is 12.1. The zero-order valence-corrected chi connectivity index (χ0v) is 12.1. The number of nitrogens with two attached hydrogens (primary N) is 1. The smallest absolute Gasteiger partial charge is 0.140 e. The fourth-order valence-electron chi connectivity index (χ4n) is 3.42. The average molecular weight is 259 g/mol. The SMILES string of the molecule is Cc1cc(C)cc(CC(=O)C2CCCCC2CN)c1. The maximum atomic E-state index is 12.5. The predicted molar refractivity (Wildman–Crippen MR) is 79.1 cm³/mol. The first kappa shape index (κ1) is 14.3. The summed E-state index contributed by atoms with van der Waals surface area (Å²) in [6.07, 6.45) is 5.14. The molecule has 1 aromatic carbocycles. The van der Waals surface area contributed by atoms with Crippen molar-refractivity contribution in [2.24, 2.45) is 17.6 Å². The fourth-order valence-corrected chi connectivity index (χ4v) is 3.42. The first-order chi connectivity index (χ1) is 9.10. The summed E-state index contributed by atoms with van der Waals surface area (Å²) in [5, 5.41) is 0. The van der Waals surface area contributed by atoms with Crippen LogP contribution >= 0.6 is 0 Å². The Morgan fingerprint density at radius 1 is 1.16 bits per heavy atom. The first-order valence-electron chi connectivity index (χ1n) is 7.40. The van der Waals surface area contributed by atoms with Crippen LogP contribution in [0.3, 0.4) is 0 Å². The summed E-state index contributed by atoms with van der Waals surface area (Å²) in [7, 11) is 0. The van der Waals surface area contributed by atoms with Crippen LogP contribution in [0.25, 0.3) is 0 Å². The second-order valence-electron chi connectivity index (χ2n) is 6.03. The minimum absolute atomic E-state index is 0.194. The lowest BCUT2D eigenvalue weighted by Gasteiger charge is -2.29.